The van der Waals surface area contributed by atoms with Crippen LogP contribution in [0.5, 0.6) is 0 Å². The van der Waals surface area contributed by atoms with Crippen molar-refractivity contribution in [1.82, 2.24) is 0 Å². The Morgan fingerprint density at radius 3 is 2.71 bits per heavy atom. The summed E-state index contributed by atoms with van der Waals surface area (Å²) < 4.78 is 4.83. The molecular formula is C16H19NO4. The number of carboxylic acids is 1. The van der Waals surface area contributed by atoms with Crippen molar-refractivity contribution in [2.75, 3.05) is 6.61 Å². The Hall–Kier alpha value is -2.35. The number of hydrogen-bond acceptors (Lipinski definition) is 4. The van der Waals surface area contributed by atoms with Gasteiger partial charge in [-0.3, -0.25) is 4.79 Å². The van der Waals surface area contributed by atoms with Crippen LogP contribution in [0.1, 0.15) is 41.3 Å². The lowest BCUT2D eigenvalue weighted by Crippen LogP contribution is -2.16. The Morgan fingerprint density at radius 1 is 1.43 bits per heavy atom. The highest BCUT2D eigenvalue weighted by molar-refractivity contribution is 5.89. The predicted molar refractivity (Wildman–Crippen MR) is 76.8 cm³/mol. The van der Waals surface area contributed by atoms with E-state index in [-0.39, 0.29) is 12.2 Å². The first kappa shape index (κ1) is 16.7. The van der Waals surface area contributed by atoms with Crippen LogP contribution >= 0.6 is 0 Å². The molecule has 0 saturated carbocycles. The lowest BCUT2D eigenvalue weighted by Gasteiger charge is -2.11. The van der Waals surface area contributed by atoms with Gasteiger partial charge >= 0.3 is 11.9 Å². The molecule has 112 valence electrons. The molecule has 0 aliphatic carbocycles. The zero-order valence-corrected chi connectivity index (χ0v) is 12.3. The number of carbonyl (C=O) groups is 2. The fraction of sp³-hybridized carbons (Fsp3) is 0.438. The number of esters is 1. The smallest absolute Gasteiger partial charge is 0.335 e. The number of carboxylic acid groups (broad SMARTS) is 1. The van der Waals surface area contributed by atoms with Gasteiger partial charge in [0.2, 0.25) is 0 Å². The molecule has 0 saturated heterocycles. The minimum Gasteiger partial charge on any atom is -0.478 e. The normalized spacial score (nSPS) is 11.5. The summed E-state index contributed by atoms with van der Waals surface area (Å²) in [7, 11) is 0. The predicted octanol–water partition coefficient (Wildman–Crippen LogP) is 2.72. The number of aromatic carboxylic acids is 1. The standard InChI is InChI=1S/C16H19NO4/c1-3-21-16(20)12(10-17)7-5-8-13-11(2)6-4-9-14(13)15(18)19/h4,6,9,12H,3,5,7-8H2,1-2H3,(H,18,19). The minimum atomic E-state index is -0.962. The largest absolute Gasteiger partial charge is 0.478 e. The third-order valence-electron chi connectivity index (χ3n) is 3.29. The summed E-state index contributed by atoms with van der Waals surface area (Å²) in [5.74, 6) is -2.26. The van der Waals surface area contributed by atoms with Crippen molar-refractivity contribution in [1.29, 1.82) is 5.26 Å². The fourth-order valence-electron chi connectivity index (χ4n) is 2.20. The van der Waals surface area contributed by atoms with Crippen LogP contribution in [-0.2, 0) is 16.0 Å². The van der Waals surface area contributed by atoms with Gasteiger partial charge in [-0.25, -0.2) is 4.79 Å². The van der Waals surface area contributed by atoms with E-state index in [4.69, 9.17) is 10.00 Å². The van der Waals surface area contributed by atoms with Gasteiger partial charge in [-0.15, -0.1) is 0 Å². The van der Waals surface area contributed by atoms with Crippen molar-refractivity contribution in [3.8, 4) is 6.07 Å². The van der Waals surface area contributed by atoms with E-state index < -0.39 is 17.9 Å². The van der Waals surface area contributed by atoms with E-state index in [0.717, 1.165) is 11.1 Å². The quantitative estimate of drug-likeness (QED) is 0.780. The van der Waals surface area contributed by atoms with Crippen LogP contribution in [0, 0.1) is 24.2 Å². The van der Waals surface area contributed by atoms with Crippen molar-refractivity contribution in [2.45, 2.75) is 33.1 Å². The van der Waals surface area contributed by atoms with Crippen LogP contribution in [0.4, 0.5) is 0 Å². The van der Waals surface area contributed by atoms with E-state index in [0.29, 0.717) is 19.3 Å². The van der Waals surface area contributed by atoms with Gasteiger partial charge in [0.25, 0.3) is 0 Å². The maximum atomic E-state index is 11.5. The molecule has 0 radical (unpaired) electrons. The Balaban J connectivity index is 2.70. The van der Waals surface area contributed by atoms with Crippen molar-refractivity contribution in [2.24, 2.45) is 5.92 Å². The van der Waals surface area contributed by atoms with Crippen molar-refractivity contribution >= 4 is 11.9 Å². The van der Waals surface area contributed by atoms with Gasteiger partial charge in [0.1, 0.15) is 5.92 Å². The molecule has 1 rings (SSSR count). The SMILES string of the molecule is CCOC(=O)C(C#N)CCCc1c(C)cccc1C(=O)O. The van der Waals surface area contributed by atoms with Crippen LogP contribution in [0.15, 0.2) is 18.2 Å². The molecule has 5 nitrogen and oxygen atoms in total. The van der Waals surface area contributed by atoms with E-state index in [1.54, 1.807) is 19.1 Å². The number of nitrogens with zero attached hydrogens (tertiary/aromatic N) is 1. The lowest BCUT2D eigenvalue weighted by atomic mass is 9.94. The number of aryl methyl sites for hydroxylation is 1. The molecule has 1 N–H and O–H groups in total. The second-order valence-electron chi connectivity index (χ2n) is 4.73. The zero-order chi connectivity index (χ0) is 15.8. The van der Waals surface area contributed by atoms with Gasteiger partial charge in [0.15, 0.2) is 0 Å². The molecule has 1 atom stereocenters. The van der Waals surface area contributed by atoms with Crippen molar-refractivity contribution in [3.05, 3.63) is 34.9 Å². The van der Waals surface area contributed by atoms with Crippen LogP contribution in [-0.4, -0.2) is 23.7 Å². The van der Waals surface area contributed by atoms with Crippen LogP contribution in [0.2, 0.25) is 0 Å². The molecule has 0 fully saturated rings. The number of rotatable bonds is 7. The zero-order valence-electron chi connectivity index (χ0n) is 12.3. The molecule has 5 heteroatoms. The average Bonchev–Trinajstić information content (AvgIpc) is 2.44. The Morgan fingerprint density at radius 2 is 2.14 bits per heavy atom. The van der Waals surface area contributed by atoms with Gasteiger partial charge < -0.3 is 9.84 Å². The van der Waals surface area contributed by atoms with Crippen molar-refractivity contribution in [3.63, 3.8) is 0 Å². The number of carbonyl (C=O) groups excluding carboxylic acids is 1. The second kappa shape index (κ2) is 8.05. The topological polar surface area (TPSA) is 87.4 Å². The minimum absolute atomic E-state index is 0.248. The molecule has 0 spiro atoms. The van der Waals surface area contributed by atoms with Gasteiger partial charge in [0.05, 0.1) is 18.2 Å². The van der Waals surface area contributed by atoms with Crippen LogP contribution in [0.25, 0.3) is 0 Å². The van der Waals surface area contributed by atoms with E-state index in [9.17, 15) is 14.7 Å². The molecule has 1 unspecified atom stereocenters. The van der Waals surface area contributed by atoms with Gasteiger partial charge in [-0.2, -0.15) is 5.26 Å². The Bertz CT molecular complexity index is 560. The van der Waals surface area contributed by atoms with Gasteiger partial charge in [0, 0.05) is 0 Å². The number of hydrogen-bond donors (Lipinski definition) is 1. The summed E-state index contributed by atoms with van der Waals surface area (Å²) in [5, 5.41) is 18.1. The van der Waals surface area contributed by atoms with Crippen LogP contribution in [0.3, 0.4) is 0 Å². The van der Waals surface area contributed by atoms with Crippen molar-refractivity contribution < 1.29 is 19.4 Å². The molecule has 0 aromatic heterocycles. The first-order valence-electron chi connectivity index (χ1n) is 6.89. The molecule has 0 bridgehead atoms. The van der Waals surface area contributed by atoms with E-state index in [1.165, 1.54) is 0 Å². The summed E-state index contributed by atoms with van der Waals surface area (Å²) >= 11 is 0. The van der Waals surface area contributed by atoms with E-state index in [1.807, 2.05) is 19.1 Å². The fourth-order valence-corrected chi connectivity index (χ4v) is 2.20. The summed E-state index contributed by atoms with van der Waals surface area (Å²) in [6, 6.07) is 7.06. The molecule has 0 heterocycles. The maximum absolute atomic E-state index is 11.5. The average molecular weight is 289 g/mol. The molecular weight excluding hydrogens is 270 g/mol. The highest BCUT2D eigenvalue weighted by atomic mass is 16.5. The molecule has 0 aliphatic rings. The summed E-state index contributed by atoms with van der Waals surface area (Å²) in [4.78, 5) is 22.7. The number of nitriles is 1. The molecule has 1 aromatic carbocycles. The number of benzene rings is 1. The summed E-state index contributed by atoms with van der Waals surface area (Å²) in [5.41, 5.74) is 1.93. The van der Waals surface area contributed by atoms with Gasteiger partial charge in [-0.1, -0.05) is 12.1 Å². The summed E-state index contributed by atoms with van der Waals surface area (Å²) in [6.45, 7) is 3.80. The number of ether oxygens (including phenoxy) is 1. The second-order valence-corrected chi connectivity index (χ2v) is 4.73. The summed E-state index contributed by atoms with van der Waals surface area (Å²) in [6.07, 6.45) is 1.44. The van der Waals surface area contributed by atoms with E-state index in [2.05, 4.69) is 0 Å². The maximum Gasteiger partial charge on any atom is 0.335 e. The van der Waals surface area contributed by atoms with Gasteiger partial charge in [-0.05, 0) is 50.3 Å². The lowest BCUT2D eigenvalue weighted by molar-refractivity contribution is -0.146. The van der Waals surface area contributed by atoms with Crippen LogP contribution < -0.4 is 0 Å². The highest BCUT2D eigenvalue weighted by Gasteiger charge is 2.19. The first-order valence-corrected chi connectivity index (χ1v) is 6.89. The first-order chi connectivity index (χ1) is 10.0. The molecule has 0 aliphatic heterocycles. The Labute approximate surface area is 124 Å². The Kier molecular flexibility index (Phi) is 6.41. The molecule has 0 amide bonds. The highest BCUT2D eigenvalue weighted by Crippen LogP contribution is 2.19. The van der Waals surface area contributed by atoms with E-state index >= 15 is 0 Å². The monoisotopic (exact) mass is 289 g/mol. The third-order valence-corrected chi connectivity index (χ3v) is 3.29. The third kappa shape index (κ3) is 4.60. The molecule has 1 aromatic rings. The molecule has 21 heavy (non-hydrogen) atoms.